The lowest BCUT2D eigenvalue weighted by Gasteiger charge is -2.30. The molecule has 0 saturated heterocycles. The third-order valence-electron chi connectivity index (χ3n) is 5.17. The SMILES string of the molecule is CC(C)CCCCCC(OC(=O)C1CCCCC1C(=O)O)C(C)C. The van der Waals surface area contributed by atoms with Crippen molar-refractivity contribution in [2.45, 2.75) is 91.6 Å². The van der Waals surface area contributed by atoms with Gasteiger partial charge >= 0.3 is 11.9 Å². The van der Waals surface area contributed by atoms with Gasteiger partial charge in [-0.3, -0.25) is 9.59 Å². The van der Waals surface area contributed by atoms with E-state index in [-0.39, 0.29) is 18.0 Å². The molecule has 3 atom stereocenters. The fourth-order valence-corrected chi connectivity index (χ4v) is 3.55. The second kappa shape index (κ2) is 10.7. The molecule has 0 heterocycles. The monoisotopic (exact) mass is 340 g/mol. The molecule has 0 aliphatic heterocycles. The first kappa shape index (κ1) is 21.0. The highest BCUT2D eigenvalue weighted by molar-refractivity contribution is 5.81. The van der Waals surface area contributed by atoms with Crippen molar-refractivity contribution >= 4 is 11.9 Å². The predicted octanol–water partition coefficient (Wildman–Crippen LogP) is 5.05. The Kier molecular flexibility index (Phi) is 9.38. The molecular formula is C20H36O4. The van der Waals surface area contributed by atoms with Gasteiger partial charge in [0, 0.05) is 0 Å². The highest BCUT2D eigenvalue weighted by Crippen LogP contribution is 2.32. The first-order chi connectivity index (χ1) is 11.3. The van der Waals surface area contributed by atoms with E-state index in [2.05, 4.69) is 27.7 Å². The van der Waals surface area contributed by atoms with Gasteiger partial charge in [-0.05, 0) is 37.5 Å². The van der Waals surface area contributed by atoms with E-state index in [9.17, 15) is 14.7 Å². The summed E-state index contributed by atoms with van der Waals surface area (Å²) in [6, 6.07) is 0. The van der Waals surface area contributed by atoms with Crippen molar-refractivity contribution in [1.29, 1.82) is 0 Å². The number of unbranched alkanes of at least 4 members (excludes halogenated alkanes) is 2. The summed E-state index contributed by atoms with van der Waals surface area (Å²) in [7, 11) is 0. The van der Waals surface area contributed by atoms with Crippen molar-refractivity contribution in [2.24, 2.45) is 23.7 Å². The zero-order valence-corrected chi connectivity index (χ0v) is 15.9. The molecule has 0 aromatic rings. The summed E-state index contributed by atoms with van der Waals surface area (Å²) in [4.78, 5) is 23.9. The molecule has 24 heavy (non-hydrogen) atoms. The summed E-state index contributed by atoms with van der Waals surface area (Å²) >= 11 is 0. The smallest absolute Gasteiger partial charge is 0.310 e. The van der Waals surface area contributed by atoms with Gasteiger partial charge in [-0.1, -0.05) is 59.8 Å². The van der Waals surface area contributed by atoms with Crippen molar-refractivity contribution in [1.82, 2.24) is 0 Å². The Morgan fingerprint density at radius 2 is 1.54 bits per heavy atom. The minimum atomic E-state index is -0.855. The van der Waals surface area contributed by atoms with Gasteiger partial charge < -0.3 is 9.84 Å². The number of carbonyl (C=O) groups is 2. The Labute approximate surface area is 147 Å². The van der Waals surface area contributed by atoms with Crippen LogP contribution in [-0.2, 0) is 14.3 Å². The van der Waals surface area contributed by atoms with Gasteiger partial charge in [0.2, 0.25) is 0 Å². The standard InChI is InChI=1S/C20H36O4/c1-14(2)10-6-5-7-13-18(15(3)4)24-20(23)17-12-9-8-11-16(17)19(21)22/h14-18H,5-13H2,1-4H3,(H,21,22). The number of carboxylic acid groups (broad SMARTS) is 1. The van der Waals surface area contributed by atoms with Gasteiger partial charge in [-0.25, -0.2) is 0 Å². The van der Waals surface area contributed by atoms with Crippen LogP contribution in [0.4, 0.5) is 0 Å². The summed E-state index contributed by atoms with van der Waals surface area (Å²) in [5, 5.41) is 9.34. The summed E-state index contributed by atoms with van der Waals surface area (Å²) in [5.41, 5.74) is 0. The Balaban J connectivity index is 2.48. The normalized spacial score (nSPS) is 22.6. The molecule has 0 amide bonds. The van der Waals surface area contributed by atoms with Crippen LogP contribution in [0.3, 0.4) is 0 Å². The quantitative estimate of drug-likeness (QED) is 0.446. The Morgan fingerprint density at radius 1 is 0.958 bits per heavy atom. The molecule has 0 radical (unpaired) electrons. The van der Waals surface area contributed by atoms with Crippen LogP contribution >= 0.6 is 0 Å². The minimum absolute atomic E-state index is 0.0899. The molecule has 4 heteroatoms. The van der Waals surface area contributed by atoms with Crippen LogP contribution in [0.25, 0.3) is 0 Å². The van der Waals surface area contributed by atoms with Gasteiger partial charge in [0.1, 0.15) is 6.10 Å². The summed E-state index contributed by atoms with van der Waals surface area (Å²) < 4.78 is 5.76. The van der Waals surface area contributed by atoms with E-state index in [1.165, 1.54) is 19.3 Å². The van der Waals surface area contributed by atoms with Crippen molar-refractivity contribution in [3.63, 3.8) is 0 Å². The number of aliphatic carboxylic acids is 1. The second-order valence-corrected chi connectivity index (χ2v) is 8.09. The fraction of sp³-hybridized carbons (Fsp3) is 0.900. The molecule has 1 N–H and O–H groups in total. The Hall–Kier alpha value is -1.06. The lowest BCUT2D eigenvalue weighted by molar-refractivity contribution is -0.165. The molecule has 0 aromatic heterocycles. The van der Waals surface area contributed by atoms with Gasteiger partial charge in [-0.15, -0.1) is 0 Å². The molecular weight excluding hydrogens is 304 g/mol. The predicted molar refractivity (Wildman–Crippen MR) is 95.7 cm³/mol. The van der Waals surface area contributed by atoms with Crippen LogP contribution in [0.15, 0.2) is 0 Å². The molecule has 4 nitrogen and oxygen atoms in total. The van der Waals surface area contributed by atoms with Crippen LogP contribution in [0.1, 0.15) is 85.5 Å². The van der Waals surface area contributed by atoms with Crippen molar-refractivity contribution in [3.05, 3.63) is 0 Å². The molecule has 3 unspecified atom stereocenters. The van der Waals surface area contributed by atoms with Gasteiger partial charge in [0.15, 0.2) is 0 Å². The van der Waals surface area contributed by atoms with Gasteiger partial charge in [0.05, 0.1) is 11.8 Å². The molecule has 0 bridgehead atoms. The average Bonchev–Trinajstić information content (AvgIpc) is 2.52. The van der Waals surface area contributed by atoms with Crippen molar-refractivity contribution in [2.75, 3.05) is 0 Å². The molecule has 1 saturated carbocycles. The Bertz CT molecular complexity index is 389. The molecule has 0 aromatic carbocycles. The Morgan fingerprint density at radius 3 is 2.08 bits per heavy atom. The number of hydrogen-bond donors (Lipinski definition) is 1. The van der Waals surface area contributed by atoms with E-state index >= 15 is 0 Å². The van der Waals surface area contributed by atoms with Crippen LogP contribution in [0, 0.1) is 23.7 Å². The van der Waals surface area contributed by atoms with E-state index in [0.29, 0.717) is 12.8 Å². The number of carbonyl (C=O) groups excluding carboxylic acids is 1. The van der Waals surface area contributed by atoms with Crippen molar-refractivity contribution in [3.8, 4) is 0 Å². The highest BCUT2D eigenvalue weighted by Gasteiger charge is 2.37. The maximum Gasteiger partial charge on any atom is 0.310 e. The highest BCUT2D eigenvalue weighted by atomic mass is 16.5. The number of esters is 1. The van der Waals surface area contributed by atoms with E-state index < -0.39 is 17.8 Å². The zero-order valence-electron chi connectivity index (χ0n) is 15.9. The summed E-state index contributed by atoms with van der Waals surface area (Å²) in [6.07, 6.45) is 8.55. The summed E-state index contributed by atoms with van der Waals surface area (Å²) in [5.74, 6) is -1.16. The van der Waals surface area contributed by atoms with Crippen LogP contribution in [0.5, 0.6) is 0 Å². The van der Waals surface area contributed by atoms with E-state index in [1.54, 1.807) is 0 Å². The maximum atomic E-state index is 12.5. The number of rotatable bonds is 10. The third-order valence-corrected chi connectivity index (χ3v) is 5.17. The lowest BCUT2D eigenvalue weighted by Crippen LogP contribution is -2.36. The van der Waals surface area contributed by atoms with Gasteiger partial charge in [0.25, 0.3) is 0 Å². The lowest BCUT2D eigenvalue weighted by atomic mass is 9.79. The van der Waals surface area contributed by atoms with Crippen LogP contribution in [-0.4, -0.2) is 23.1 Å². The van der Waals surface area contributed by atoms with E-state index in [0.717, 1.165) is 31.6 Å². The molecule has 1 rings (SSSR count). The van der Waals surface area contributed by atoms with Crippen LogP contribution in [0.2, 0.25) is 0 Å². The largest absolute Gasteiger partial charge is 0.481 e. The first-order valence-electron chi connectivity index (χ1n) is 9.76. The zero-order chi connectivity index (χ0) is 18.1. The van der Waals surface area contributed by atoms with Crippen LogP contribution < -0.4 is 0 Å². The molecule has 1 fully saturated rings. The minimum Gasteiger partial charge on any atom is -0.481 e. The van der Waals surface area contributed by atoms with E-state index in [4.69, 9.17) is 4.74 Å². The third kappa shape index (κ3) is 7.23. The average molecular weight is 341 g/mol. The first-order valence-corrected chi connectivity index (χ1v) is 9.76. The number of hydrogen-bond acceptors (Lipinski definition) is 3. The maximum absolute atomic E-state index is 12.5. The topological polar surface area (TPSA) is 63.6 Å². The fourth-order valence-electron chi connectivity index (χ4n) is 3.55. The van der Waals surface area contributed by atoms with Crippen molar-refractivity contribution < 1.29 is 19.4 Å². The van der Waals surface area contributed by atoms with Gasteiger partial charge in [-0.2, -0.15) is 0 Å². The van der Waals surface area contributed by atoms with E-state index in [1.807, 2.05) is 0 Å². The molecule has 1 aliphatic rings. The second-order valence-electron chi connectivity index (χ2n) is 8.09. The molecule has 0 spiro atoms. The summed E-state index contributed by atoms with van der Waals surface area (Å²) in [6.45, 7) is 8.62. The number of ether oxygens (including phenoxy) is 1. The molecule has 1 aliphatic carbocycles. The number of carboxylic acids is 1. The molecule has 140 valence electrons.